The Labute approximate surface area is 153 Å². The van der Waals surface area contributed by atoms with Crippen molar-refractivity contribution in [2.24, 2.45) is 5.10 Å². The summed E-state index contributed by atoms with van der Waals surface area (Å²) in [5.41, 5.74) is 3.30. The van der Waals surface area contributed by atoms with Gasteiger partial charge >= 0.3 is 0 Å². The van der Waals surface area contributed by atoms with E-state index in [0.29, 0.717) is 26.2 Å². The molecule has 2 aromatic carbocycles. The summed E-state index contributed by atoms with van der Waals surface area (Å²) in [5.74, 6) is -0.856. The van der Waals surface area contributed by atoms with Crippen LogP contribution >= 0.6 is 34.8 Å². The van der Waals surface area contributed by atoms with Gasteiger partial charge in [0.2, 0.25) is 0 Å². The first kappa shape index (κ1) is 18.3. The average Bonchev–Trinajstić information content (AvgIpc) is 2.55. The van der Waals surface area contributed by atoms with E-state index in [1.807, 2.05) is 0 Å². The summed E-state index contributed by atoms with van der Waals surface area (Å²) >= 11 is 17.5. The Balaban J connectivity index is 1.81. The summed E-state index contributed by atoms with van der Waals surface area (Å²) in [6.07, 6.45) is 1.39. The predicted octanol–water partition coefficient (Wildman–Crippen LogP) is 3.53. The van der Waals surface area contributed by atoms with Crippen molar-refractivity contribution in [3.8, 4) is 0 Å². The van der Waals surface area contributed by atoms with Crippen LogP contribution in [0, 0.1) is 0 Å². The zero-order valence-electron chi connectivity index (χ0n) is 12.2. The minimum atomic E-state index is -0.473. The second-order valence-electron chi connectivity index (χ2n) is 4.65. The van der Waals surface area contributed by atoms with Crippen LogP contribution in [0.4, 0.5) is 0 Å². The number of nitrogens with one attached hydrogen (secondary N) is 2. The van der Waals surface area contributed by atoms with Gasteiger partial charge in [0.25, 0.3) is 11.8 Å². The first-order valence-corrected chi connectivity index (χ1v) is 7.90. The number of rotatable bonds is 5. The number of benzene rings is 2. The smallest absolute Gasteiger partial charge is 0.259 e. The van der Waals surface area contributed by atoms with Gasteiger partial charge in [0.15, 0.2) is 0 Å². The lowest BCUT2D eigenvalue weighted by molar-refractivity contribution is -0.120. The summed E-state index contributed by atoms with van der Waals surface area (Å²) in [4.78, 5) is 23.5. The van der Waals surface area contributed by atoms with E-state index in [9.17, 15) is 9.59 Å². The Bertz CT molecular complexity index is 777. The molecule has 5 nitrogen and oxygen atoms in total. The number of hydrazone groups is 1. The van der Waals surface area contributed by atoms with Crippen LogP contribution in [-0.2, 0) is 4.79 Å². The predicted molar refractivity (Wildman–Crippen MR) is 96.0 cm³/mol. The van der Waals surface area contributed by atoms with E-state index in [4.69, 9.17) is 34.8 Å². The topological polar surface area (TPSA) is 70.6 Å². The van der Waals surface area contributed by atoms with E-state index in [2.05, 4.69) is 15.8 Å². The quantitative estimate of drug-likeness (QED) is 0.611. The van der Waals surface area contributed by atoms with Crippen LogP contribution in [0.25, 0.3) is 0 Å². The first-order valence-electron chi connectivity index (χ1n) is 6.76. The highest BCUT2D eigenvalue weighted by atomic mass is 35.5. The first-order chi connectivity index (χ1) is 11.5. The molecule has 0 aliphatic rings. The molecule has 0 aliphatic heterocycles. The molecule has 0 aromatic heterocycles. The van der Waals surface area contributed by atoms with E-state index in [0.717, 1.165) is 0 Å². The van der Waals surface area contributed by atoms with Crippen molar-refractivity contribution < 1.29 is 9.59 Å². The van der Waals surface area contributed by atoms with Crippen molar-refractivity contribution >= 4 is 52.8 Å². The van der Waals surface area contributed by atoms with Gasteiger partial charge in [0.1, 0.15) is 0 Å². The lowest BCUT2D eigenvalue weighted by atomic mass is 10.2. The Morgan fingerprint density at radius 2 is 1.67 bits per heavy atom. The van der Waals surface area contributed by atoms with Crippen LogP contribution in [0.2, 0.25) is 15.1 Å². The molecule has 2 rings (SSSR count). The molecule has 124 valence electrons. The molecule has 2 amide bonds. The maximum atomic E-state index is 11.8. The number of halogens is 3. The third-order valence-electron chi connectivity index (χ3n) is 2.87. The number of carbonyl (C=O) groups is 2. The summed E-state index contributed by atoms with van der Waals surface area (Å²) in [5, 5.41) is 7.69. The number of hydrogen-bond acceptors (Lipinski definition) is 3. The largest absolute Gasteiger partial charge is 0.343 e. The lowest BCUT2D eigenvalue weighted by Crippen LogP contribution is -2.34. The van der Waals surface area contributed by atoms with Gasteiger partial charge in [-0.25, -0.2) is 5.43 Å². The normalized spacial score (nSPS) is 10.6. The third kappa shape index (κ3) is 5.53. The minimum absolute atomic E-state index is 0.215. The maximum Gasteiger partial charge on any atom is 0.259 e. The molecule has 0 fully saturated rings. The van der Waals surface area contributed by atoms with Gasteiger partial charge in [0, 0.05) is 21.2 Å². The monoisotopic (exact) mass is 383 g/mol. The van der Waals surface area contributed by atoms with Crippen LogP contribution in [0.3, 0.4) is 0 Å². The SMILES string of the molecule is O=C(CNC(=O)c1ccc(Cl)cc1)N/N=C\c1ccc(Cl)cc1Cl. The Kier molecular flexibility index (Phi) is 6.61. The fourth-order valence-electron chi connectivity index (χ4n) is 1.68. The van der Waals surface area contributed by atoms with Gasteiger partial charge in [-0.1, -0.05) is 40.9 Å². The molecule has 0 heterocycles. The van der Waals surface area contributed by atoms with Crippen LogP contribution in [-0.4, -0.2) is 24.6 Å². The van der Waals surface area contributed by atoms with E-state index in [1.54, 1.807) is 42.5 Å². The van der Waals surface area contributed by atoms with Crippen LogP contribution < -0.4 is 10.7 Å². The van der Waals surface area contributed by atoms with E-state index in [1.165, 1.54) is 6.21 Å². The highest BCUT2D eigenvalue weighted by Gasteiger charge is 2.07. The molecule has 0 radical (unpaired) electrons. The second kappa shape index (κ2) is 8.68. The summed E-state index contributed by atoms with van der Waals surface area (Å²) in [6, 6.07) is 11.2. The number of amides is 2. The fraction of sp³-hybridized carbons (Fsp3) is 0.0625. The Hall–Kier alpha value is -2.08. The van der Waals surface area contributed by atoms with E-state index >= 15 is 0 Å². The second-order valence-corrected chi connectivity index (χ2v) is 5.93. The maximum absolute atomic E-state index is 11.8. The molecular formula is C16H12Cl3N3O2. The average molecular weight is 385 g/mol. The van der Waals surface area contributed by atoms with E-state index in [-0.39, 0.29) is 12.5 Å². The van der Waals surface area contributed by atoms with Gasteiger partial charge in [-0.3, -0.25) is 9.59 Å². The molecule has 0 spiro atoms. The van der Waals surface area contributed by atoms with Gasteiger partial charge in [0.05, 0.1) is 17.8 Å². The van der Waals surface area contributed by atoms with Crippen molar-refractivity contribution in [2.75, 3.05) is 6.54 Å². The molecule has 2 N–H and O–H groups in total. The zero-order chi connectivity index (χ0) is 17.5. The highest BCUT2D eigenvalue weighted by Crippen LogP contribution is 2.19. The molecule has 0 unspecified atom stereocenters. The summed E-state index contributed by atoms with van der Waals surface area (Å²) in [7, 11) is 0. The highest BCUT2D eigenvalue weighted by molar-refractivity contribution is 6.36. The van der Waals surface area contributed by atoms with Gasteiger partial charge < -0.3 is 5.32 Å². The number of hydrogen-bond donors (Lipinski definition) is 2. The van der Waals surface area contributed by atoms with Gasteiger partial charge in [-0.2, -0.15) is 5.10 Å². The van der Waals surface area contributed by atoms with Crippen LogP contribution in [0.1, 0.15) is 15.9 Å². The van der Waals surface area contributed by atoms with Gasteiger partial charge in [-0.05, 0) is 36.4 Å². The molecule has 0 bridgehead atoms. The third-order valence-corrected chi connectivity index (χ3v) is 3.69. The number of nitrogens with zero attached hydrogens (tertiary/aromatic N) is 1. The van der Waals surface area contributed by atoms with E-state index < -0.39 is 5.91 Å². The molecule has 0 atom stereocenters. The minimum Gasteiger partial charge on any atom is -0.343 e. The standard InChI is InChI=1S/C16H12Cl3N3O2/c17-12-4-1-10(2-5-12)16(24)20-9-15(23)22-21-8-11-3-6-13(18)7-14(11)19/h1-8H,9H2,(H,20,24)(H,22,23)/b21-8-. The zero-order valence-corrected chi connectivity index (χ0v) is 14.5. The van der Waals surface area contributed by atoms with Gasteiger partial charge in [-0.15, -0.1) is 0 Å². The molecule has 0 saturated heterocycles. The number of carbonyl (C=O) groups excluding carboxylic acids is 2. The summed E-state index contributed by atoms with van der Waals surface area (Å²) < 4.78 is 0. The Morgan fingerprint density at radius 3 is 2.33 bits per heavy atom. The lowest BCUT2D eigenvalue weighted by Gasteiger charge is -2.04. The molecule has 24 heavy (non-hydrogen) atoms. The van der Waals surface area contributed by atoms with Crippen molar-refractivity contribution in [3.05, 3.63) is 68.7 Å². The van der Waals surface area contributed by atoms with Crippen LogP contribution in [0.15, 0.2) is 47.6 Å². The summed E-state index contributed by atoms with van der Waals surface area (Å²) in [6.45, 7) is -0.215. The van der Waals surface area contributed by atoms with Crippen molar-refractivity contribution in [1.29, 1.82) is 0 Å². The molecular weight excluding hydrogens is 373 g/mol. The van der Waals surface area contributed by atoms with Crippen molar-refractivity contribution in [1.82, 2.24) is 10.7 Å². The molecule has 2 aromatic rings. The molecule has 0 saturated carbocycles. The van der Waals surface area contributed by atoms with Crippen molar-refractivity contribution in [2.45, 2.75) is 0 Å². The molecule has 8 heteroatoms. The Morgan fingerprint density at radius 1 is 1.00 bits per heavy atom. The fourth-order valence-corrected chi connectivity index (χ4v) is 2.27. The van der Waals surface area contributed by atoms with Crippen LogP contribution in [0.5, 0.6) is 0 Å². The van der Waals surface area contributed by atoms with Crippen molar-refractivity contribution in [3.63, 3.8) is 0 Å². The molecule has 0 aliphatic carbocycles.